The Kier molecular flexibility index (Phi) is 23.8. The first kappa shape index (κ1) is 58.3. The van der Waals surface area contributed by atoms with E-state index in [9.17, 15) is 39.0 Å². The number of aliphatic hydroxyl groups is 4. The second-order valence-corrected chi connectivity index (χ2v) is 15.5. The molecule has 0 aliphatic carbocycles. The molecular formula is C36H40Cl6N14O14. The van der Waals surface area contributed by atoms with Gasteiger partial charge in [0, 0.05) is 55.6 Å². The number of H-pyrrole nitrogens is 4. The summed E-state index contributed by atoms with van der Waals surface area (Å²) in [6.07, 6.45) is 2.77. The van der Waals surface area contributed by atoms with Gasteiger partial charge in [-0.05, 0) is 29.3 Å². The third-order valence-corrected chi connectivity index (χ3v) is 9.91. The summed E-state index contributed by atoms with van der Waals surface area (Å²) in [7, 11) is 2.96. The largest absolute Gasteiger partial charge is 0.481 e. The monoisotopic (exact) mass is 1100 g/mol. The molecule has 2 saturated heterocycles. The first-order chi connectivity index (χ1) is 33.1. The molecule has 0 spiro atoms. The van der Waals surface area contributed by atoms with Gasteiger partial charge in [0.1, 0.15) is 40.1 Å². The summed E-state index contributed by atoms with van der Waals surface area (Å²) in [6.45, 7) is -0.404. The molecule has 2 aliphatic rings. The van der Waals surface area contributed by atoms with Gasteiger partial charge in [-0.2, -0.15) is 15.0 Å². The van der Waals surface area contributed by atoms with E-state index < -0.39 is 88.2 Å². The molecule has 0 aromatic carbocycles. The van der Waals surface area contributed by atoms with Crippen molar-refractivity contribution in [3.8, 4) is 11.9 Å². The van der Waals surface area contributed by atoms with Crippen molar-refractivity contribution in [3.05, 3.63) is 145 Å². The van der Waals surface area contributed by atoms with Gasteiger partial charge in [-0.1, -0.05) is 34.8 Å². The molecule has 8 heterocycles. The van der Waals surface area contributed by atoms with E-state index in [1.165, 1.54) is 44.9 Å². The Morgan fingerprint density at radius 3 is 1.91 bits per heavy atom. The van der Waals surface area contributed by atoms with Crippen molar-refractivity contribution in [1.29, 1.82) is 0 Å². The van der Waals surface area contributed by atoms with Gasteiger partial charge in [0.15, 0.2) is 17.6 Å². The molecule has 12 N–H and O–H groups in total. The normalized spacial score (nSPS) is 20.1. The van der Waals surface area contributed by atoms with Crippen molar-refractivity contribution in [2.24, 2.45) is 0 Å². The smallest absolute Gasteiger partial charge is 0.330 e. The summed E-state index contributed by atoms with van der Waals surface area (Å²) in [4.78, 5) is 95.7. The number of methoxy groups -OCH3 is 2. The molecule has 0 radical (unpaired) electrons. The van der Waals surface area contributed by atoms with Gasteiger partial charge < -0.3 is 55.8 Å². The minimum atomic E-state index is -1.35. The first-order valence-corrected chi connectivity index (χ1v) is 21.4. The van der Waals surface area contributed by atoms with Gasteiger partial charge in [-0.3, -0.25) is 38.5 Å². The van der Waals surface area contributed by atoms with Crippen LogP contribution in [-0.4, -0.2) is 136 Å². The maximum atomic E-state index is 11.5. The highest BCUT2D eigenvalue weighted by atomic mass is 35.5. The van der Waals surface area contributed by atoms with Crippen LogP contribution in [-0.2, 0) is 9.47 Å². The summed E-state index contributed by atoms with van der Waals surface area (Å²) < 4.78 is 22.3. The van der Waals surface area contributed by atoms with E-state index in [1.54, 1.807) is 18.5 Å². The minimum absolute atomic E-state index is 0.0189. The van der Waals surface area contributed by atoms with Crippen LogP contribution in [0.2, 0.25) is 20.7 Å². The first-order valence-electron chi connectivity index (χ1n) is 19.0. The topological polar surface area (TPSA) is 423 Å². The molecule has 2 aliphatic heterocycles. The average molecular weight is 1110 g/mol. The van der Waals surface area contributed by atoms with E-state index in [4.69, 9.17) is 110 Å². The van der Waals surface area contributed by atoms with Crippen LogP contribution in [0.5, 0.6) is 11.9 Å². The van der Waals surface area contributed by atoms with Crippen LogP contribution < -0.4 is 54.7 Å². The van der Waals surface area contributed by atoms with Crippen molar-refractivity contribution in [3.63, 3.8) is 0 Å². The predicted molar refractivity (Wildman–Crippen MR) is 251 cm³/mol. The lowest BCUT2D eigenvalue weighted by atomic mass is 10.2. The van der Waals surface area contributed by atoms with Gasteiger partial charge in [0.25, 0.3) is 16.7 Å². The predicted octanol–water partition coefficient (Wildman–Crippen LogP) is -0.575. The lowest BCUT2D eigenvalue weighted by Gasteiger charge is -2.16. The fourth-order valence-corrected chi connectivity index (χ4v) is 6.18. The zero-order valence-corrected chi connectivity index (χ0v) is 40.2. The summed E-state index contributed by atoms with van der Waals surface area (Å²) >= 11 is 32.9. The highest BCUT2D eigenvalue weighted by Crippen LogP contribution is 2.32. The van der Waals surface area contributed by atoms with Gasteiger partial charge in [-0.15, -0.1) is 11.6 Å². The Hall–Kier alpha value is -6.02. The van der Waals surface area contributed by atoms with Crippen LogP contribution in [0.15, 0.2) is 90.2 Å². The number of nitrogens with zero attached hydrogens (tertiary/aromatic N) is 8. The van der Waals surface area contributed by atoms with Crippen LogP contribution in [0.1, 0.15) is 18.9 Å². The number of aromatic nitrogens is 12. The highest BCUT2D eigenvalue weighted by Gasteiger charge is 2.43. The summed E-state index contributed by atoms with van der Waals surface area (Å²) in [5, 5.41) is 37.1. The molecule has 6 aromatic heterocycles. The van der Waals surface area contributed by atoms with Gasteiger partial charge in [0.2, 0.25) is 16.4 Å². The van der Waals surface area contributed by atoms with Gasteiger partial charge in [-0.25, -0.2) is 29.3 Å². The Bertz CT molecular complexity index is 2930. The molecule has 8 atom stereocenters. The van der Waals surface area contributed by atoms with Crippen molar-refractivity contribution in [2.45, 2.75) is 54.2 Å². The highest BCUT2D eigenvalue weighted by molar-refractivity contribution is 6.30. The number of alkyl halides is 2. The molecule has 0 bridgehead atoms. The molecule has 1 unspecified atom stereocenters. The lowest BCUT2D eigenvalue weighted by Crippen LogP contribution is -2.35. The van der Waals surface area contributed by atoms with E-state index in [0.29, 0.717) is 22.0 Å². The lowest BCUT2D eigenvalue weighted by molar-refractivity contribution is -0.0585. The Labute approximate surface area is 420 Å². The number of aliphatic hydroxyl groups excluding tert-OH is 4. The maximum Gasteiger partial charge on any atom is 0.330 e. The number of anilines is 2. The van der Waals surface area contributed by atoms with E-state index in [0.717, 1.165) is 21.4 Å². The van der Waals surface area contributed by atoms with E-state index in [-0.39, 0.29) is 28.6 Å². The SMILES string of the molecule is COc1cc(Cl)nc(OC)n1.Clc1ncccn1.Nc1cnc(Cl)nc1N.O=c1[nH]cc(Cl)c(=O)[nH]1.O=c1ccn([C@@H]2O[C@H](CO)[C@@H](O)[C@H]2Cl)c(=O)[nH]1.O=c1ccn([C@H]2C[C@H](O)[C@@H](C(O)Cl)O2)c(=O)[nH]1. The Morgan fingerprint density at radius 2 is 1.47 bits per heavy atom. The minimum Gasteiger partial charge on any atom is -0.481 e. The molecule has 8 rings (SSSR count). The molecule has 28 nitrogen and oxygen atoms in total. The number of ether oxygens (including phenoxy) is 4. The van der Waals surface area contributed by atoms with Gasteiger partial charge >= 0.3 is 23.1 Å². The molecule has 6 aromatic rings. The number of rotatable bonds is 6. The number of nitrogen functional groups attached to an aromatic ring is 2. The molecule has 0 amide bonds. The van der Waals surface area contributed by atoms with Crippen molar-refractivity contribution in [2.75, 3.05) is 32.3 Å². The van der Waals surface area contributed by atoms with Crippen LogP contribution >= 0.6 is 69.6 Å². The number of nitrogens with two attached hydrogens (primary N) is 2. The zero-order valence-electron chi connectivity index (χ0n) is 35.7. The van der Waals surface area contributed by atoms with E-state index in [1.807, 2.05) is 4.98 Å². The number of hydrogen-bond acceptors (Lipinski definition) is 22. The fraction of sp³-hybridized carbons (Fsp3) is 0.333. The third kappa shape index (κ3) is 18.4. The van der Waals surface area contributed by atoms with Crippen LogP contribution in [0.3, 0.4) is 0 Å². The summed E-state index contributed by atoms with van der Waals surface area (Å²) in [5.74, 6) is 0.608. The van der Waals surface area contributed by atoms with E-state index >= 15 is 0 Å². The number of hydrogen-bond donors (Lipinski definition) is 10. The average Bonchev–Trinajstić information content (AvgIpc) is 3.84. The maximum absolute atomic E-state index is 11.5. The Morgan fingerprint density at radius 1 is 0.857 bits per heavy atom. The summed E-state index contributed by atoms with van der Waals surface area (Å²) in [5.41, 5.74) is 6.04. The van der Waals surface area contributed by atoms with Crippen molar-refractivity contribution in [1.82, 2.24) is 59.0 Å². The molecule has 34 heteroatoms. The quantitative estimate of drug-likeness (QED) is 0.0567. The third-order valence-electron chi connectivity index (χ3n) is 8.34. The number of aromatic amines is 4. The van der Waals surface area contributed by atoms with Crippen molar-refractivity contribution >= 4 is 81.1 Å². The number of nitrogens with one attached hydrogen (secondary N) is 4. The summed E-state index contributed by atoms with van der Waals surface area (Å²) in [6, 6.07) is 5.74. The molecule has 380 valence electrons. The molecule has 2 fully saturated rings. The van der Waals surface area contributed by atoms with Crippen LogP contribution in [0.25, 0.3) is 0 Å². The molecule has 0 saturated carbocycles. The Balaban J connectivity index is 0.000000229. The van der Waals surface area contributed by atoms with Gasteiger partial charge in [0.05, 0.1) is 38.8 Å². The molecule has 70 heavy (non-hydrogen) atoms. The fourth-order valence-electron chi connectivity index (χ4n) is 5.08. The van der Waals surface area contributed by atoms with E-state index in [2.05, 4.69) is 44.9 Å². The zero-order chi connectivity index (χ0) is 52.2. The van der Waals surface area contributed by atoms with Crippen molar-refractivity contribution < 1.29 is 39.4 Å². The van der Waals surface area contributed by atoms with Crippen LogP contribution in [0.4, 0.5) is 11.5 Å². The van der Waals surface area contributed by atoms with Crippen LogP contribution in [0, 0.1) is 0 Å². The second-order valence-electron chi connectivity index (χ2n) is 13.1. The second kappa shape index (κ2) is 28.6. The standard InChI is InChI=1S/2C9H11ClN2O5.C6H7ClN2O2.C4H5ClN4.C4H3ClN2O2.C4H3ClN2/c10-6-7(15)4(3-13)17-8(6)12-2-1-5(14)11-9(12)16;10-8(15)7-4(13)3-6(17-7)12-2-1-5(14)11-9(12)16;1-10-5-3-4(7)8-6(9-5)11-2;5-4-8-1-2(6)3(7)9-4;5-2-1-6-4(9)7-3(2)8;5-4-6-2-1-3-7-4/h2*1-2,4,6-8,13,15H,3H2,(H,11,14,16);3H,1-2H3;1H,6H2,(H2,7,8,9);1H,(H2,6,7,8,9);1-3H/t4-,6-,7-,8-;4-,6+,7-,8?;;;;/m10..../s1. The number of halogens is 6. The molecular weight excluding hydrogens is 1070 g/mol.